The summed E-state index contributed by atoms with van der Waals surface area (Å²) in [6, 6.07) is 8.76. The molecule has 0 N–H and O–H groups in total. The van der Waals surface area contributed by atoms with E-state index in [1.54, 1.807) is 0 Å². The Hall–Kier alpha value is -1.57. The lowest BCUT2D eigenvalue weighted by molar-refractivity contribution is 0.628. The molecule has 0 unspecified atom stereocenters. The van der Waals surface area contributed by atoms with Crippen LogP contribution in [0.4, 0.5) is 4.39 Å². The largest absolute Gasteiger partial charge is 0.348 e. The average molecular weight is 203 g/mol. The van der Waals surface area contributed by atoms with Gasteiger partial charge in [-0.15, -0.1) is 0 Å². The Bertz CT molecular complexity index is 480. The van der Waals surface area contributed by atoms with Crippen LogP contribution in [-0.4, -0.2) is 4.57 Å². The van der Waals surface area contributed by atoms with Gasteiger partial charge in [-0.25, -0.2) is 4.39 Å². The Morgan fingerprint density at radius 2 is 1.67 bits per heavy atom. The number of hydrogen-bond donors (Lipinski definition) is 0. The summed E-state index contributed by atoms with van der Waals surface area (Å²) in [4.78, 5) is 0. The third kappa shape index (κ3) is 1.67. The predicted molar refractivity (Wildman–Crippen MR) is 60.3 cm³/mol. The van der Waals surface area contributed by atoms with E-state index >= 15 is 0 Å². The summed E-state index contributed by atoms with van der Waals surface area (Å²) in [6.45, 7) is 4.14. The van der Waals surface area contributed by atoms with Crippen molar-refractivity contribution in [1.82, 2.24) is 4.57 Å². The van der Waals surface area contributed by atoms with Gasteiger partial charge in [0.05, 0.1) is 5.69 Å². The lowest BCUT2D eigenvalue weighted by atomic mass is 10.1. The maximum atomic E-state index is 12.8. The lowest BCUT2D eigenvalue weighted by Crippen LogP contribution is -1.94. The van der Waals surface area contributed by atoms with Crippen molar-refractivity contribution in [3.8, 4) is 11.3 Å². The Labute approximate surface area is 89.2 Å². The van der Waals surface area contributed by atoms with Crippen molar-refractivity contribution in [3.05, 3.63) is 47.4 Å². The van der Waals surface area contributed by atoms with Gasteiger partial charge in [0.1, 0.15) is 5.82 Å². The van der Waals surface area contributed by atoms with Crippen LogP contribution in [0.25, 0.3) is 11.3 Å². The SMILES string of the molecule is Cc1cc(C)n(C)c1-c1ccc(F)cc1. The molecule has 2 aromatic rings. The van der Waals surface area contributed by atoms with Crippen LogP contribution in [0.1, 0.15) is 11.3 Å². The Balaban J connectivity index is 2.58. The highest BCUT2D eigenvalue weighted by atomic mass is 19.1. The first kappa shape index (κ1) is 9.97. The van der Waals surface area contributed by atoms with Gasteiger partial charge in [0, 0.05) is 12.7 Å². The number of aryl methyl sites for hydroxylation is 2. The molecular formula is C13H14FN. The fourth-order valence-corrected chi connectivity index (χ4v) is 1.95. The normalized spacial score (nSPS) is 10.7. The molecule has 1 aromatic carbocycles. The van der Waals surface area contributed by atoms with E-state index in [1.165, 1.54) is 23.4 Å². The summed E-state index contributed by atoms with van der Waals surface area (Å²) >= 11 is 0. The van der Waals surface area contributed by atoms with Crippen molar-refractivity contribution in [3.63, 3.8) is 0 Å². The van der Waals surface area contributed by atoms with Crippen LogP contribution in [0, 0.1) is 19.7 Å². The molecule has 0 atom stereocenters. The van der Waals surface area contributed by atoms with Gasteiger partial charge < -0.3 is 4.57 Å². The van der Waals surface area contributed by atoms with Gasteiger partial charge in [-0.05, 0) is 55.3 Å². The first-order valence-corrected chi connectivity index (χ1v) is 4.98. The second-order valence-electron chi connectivity index (χ2n) is 3.88. The first-order chi connectivity index (χ1) is 7.09. The number of halogens is 1. The fourth-order valence-electron chi connectivity index (χ4n) is 1.95. The van der Waals surface area contributed by atoms with E-state index in [0.29, 0.717) is 0 Å². The Morgan fingerprint density at radius 3 is 2.13 bits per heavy atom. The molecule has 78 valence electrons. The average Bonchev–Trinajstić information content (AvgIpc) is 2.44. The van der Waals surface area contributed by atoms with Crippen LogP contribution in [0.2, 0.25) is 0 Å². The minimum absolute atomic E-state index is 0.192. The van der Waals surface area contributed by atoms with Crippen molar-refractivity contribution in [2.24, 2.45) is 7.05 Å². The number of nitrogens with zero attached hydrogens (tertiary/aromatic N) is 1. The molecule has 0 aliphatic rings. The Morgan fingerprint density at radius 1 is 1.07 bits per heavy atom. The minimum atomic E-state index is -0.192. The molecule has 0 aliphatic carbocycles. The number of hydrogen-bond acceptors (Lipinski definition) is 0. The molecule has 1 heterocycles. The summed E-state index contributed by atoms with van der Waals surface area (Å²) in [5, 5.41) is 0. The number of aromatic nitrogens is 1. The molecule has 0 fully saturated rings. The highest BCUT2D eigenvalue weighted by Gasteiger charge is 2.08. The van der Waals surface area contributed by atoms with Crippen molar-refractivity contribution in [1.29, 1.82) is 0 Å². The third-order valence-electron chi connectivity index (χ3n) is 2.78. The topological polar surface area (TPSA) is 4.93 Å². The van der Waals surface area contributed by atoms with Gasteiger partial charge in [-0.2, -0.15) is 0 Å². The molecule has 0 spiro atoms. The van der Waals surface area contributed by atoms with E-state index in [9.17, 15) is 4.39 Å². The molecule has 0 radical (unpaired) electrons. The van der Waals surface area contributed by atoms with Crippen molar-refractivity contribution < 1.29 is 4.39 Å². The molecule has 2 heteroatoms. The summed E-state index contributed by atoms with van der Waals surface area (Å²) in [5.41, 5.74) is 4.66. The molecule has 15 heavy (non-hydrogen) atoms. The van der Waals surface area contributed by atoms with E-state index in [-0.39, 0.29) is 5.82 Å². The summed E-state index contributed by atoms with van der Waals surface area (Å²) in [7, 11) is 2.03. The Kier molecular flexibility index (Phi) is 2.35. The molecule has 1 nitrogen and oxygen atoms in total. The first-order valence-electron chi connectivity index (χ1n) is 4.98. The van der Waals surface area contributed by atoms with Gasteiger partial charge in [0.15, 0.2) is 0 Å². The van der Waals surface area contributed by atoms with Crippen molar-refractivity contribution in [2.45, 2.75) is 13.8 Å². The van der Waals surface area contributed by atoms with Crippen LogP contribution in [0.5, 0.6) is 0 Å². The molecule has 0 saturated heterocycles. The van der Waals surface area contributed by atoms with E-state index in [2.05, 4.69) is 24.5 Å². The van der Waals surface area contributed by atoms with Gasteiger partial charge >= 0.3 is 0 Å². The van der Waals surface area contributed by atoms with Crippen LogP contribution in [-0.2, 0) is 7.05 Å². The predicted octanol–water partition coefficient (Wildman–Crippen LogP) is 3.45. The zero-order valence-corrected chi connectivity index (χ0v) is 9.21. The highest BCUT2D eigenvalue weighted by molar-refractivity contribution is 5.64. The smallest absolute Gasteiger partial charge is 0.123 e. The van der Waals surface area contributed by atoms with Crippen LogP contribution in [0.15, 0.2) is 30.3 Å². The van der Waals surface area contributed by atoms with Crippen LogP contribution < -0.4 is 0 Å². The van der Waals surface area contributed by atoms with Gasteiger partial charge in [-0.3, -0.25) is 0 Å². The van der Waals surface area contributed by atoms with Gasteiger partial charge in [0.2, 0.25) is 0 Å². The zero-order valence-electron chi connectivity index (χ0n) is 9.21. The second-order valence-corrected chi connectivity index (χ2v) is 3.88. The number of rotatable bonds is 1. The fraction of sp³-hybridized carbons (Fsp3) is 0.231. The van der Waals surface area contributed by atoms with E-state index in [4.69, 9.17) is 0 Å². The van der Waals surface area contributed by atoms with E-state index in [1.807, 2.05) is 19.2 Å². The maximum absolute atomic E-state index is 12.8. The molecule has 0 bridgehead atoms. The van der Waals surface area contributed by atoms with E-state index in [0.717, 1.165) is 11.3 Å². The van der Waals surface area contributed by atoms with Gasteiger partial charge in [-0.1, -0.05) is 0 Å². The summed E-state index contributed by atoms with van der Waals surface area (Å²) in [6.07, 6.45) is 0. The van der Waals surface area contributed by atoms with E-state index < -0.39 is 0 Å². The lowest BCUT2D eigenvalue weighted by Gasteiger charge is -2.06. The van der Waals surface area contributed by atoms with Crippen molar-refractivity contribution in [2.75, 3.05) is 0 Å². The molecular weight excluding hydrogens is 189 g/mol. The molecule has 0 amide bonds. The zero-order chi connectivity index (χ0) is 11.0. The quantitative estimate of drug-likeness (QED) is 0.669. The molecule has 0 aliphatic heterocycles. The minimum Gasteiger partial charge on any atom is -0.348 e. The highest BCUT2D eigenvalue weighted by Crippen LogP contribution is 2.25. The summed E-state index contributed by atoms with van der Waals surface area (Å²) in [5.74, 6) is -0.192. The molecule has 0 saturated carbocycles. The molecule has 2 rings (SSSR count). The van der Waals surface area contributed by atoms with Gasteiger partial charge in [0.25, 0.3) is 0 Å². The number of benzene rings is 1. The third-order valence-corrected chi connectivity index (χ3v) is 2.78. The standard InChI is InChI=1S/C13H14FN/c1-9-8-10(2)15(3)13(9)11-4-6-12(14)7-5-11/h4-8H,1-3H3. The monoisotopic (exact) mass is 203 g/mol. The van der Waals surface area contributed by atoms with Crippen LogP contribution >= 0.6 is 0 Å². The molecule has 1 aromatic heterocycles. The second kappa shape index (κ2) is 3.54. The summed E-state index contributed by atoms with van der Waals surface area (Å²) < 4.78 is 14.9. The van der Waals surface area contributed by atoms with Crippen LogP contribution in [0.3, 0.4) is 0 Å². The van der Waals surface area contributed by atoms with Crippen molar-refractivity contribution >= 4 is 0 Å². The maximum Gasteiger partial charge on any atom is 0.123 e.